The lowest BCUT2D eigenvalue weighted by Crippen LogP contribution is -2.50. The summed E-state index contributed by atoms with van der Waals surface area (Å²) in [7, 11) is 2.49. The zero-order chi connectivity index (χ0) is 22.3. The quantitative estimate of drug-likeness (QED) is 0.355. The molecule has 4 nitrogen and oxygen atoms in total. The van der Waals surface area contributed by atoms with E-state index in [4.69, 9.17) is 27.9 Å². The molecule has 0 bridgehead atoms. The fourth-order valence-electron chi connectivity index (χ4n) is 3.52. The Bertz CT molecular complexity index is 1010. The van der Waals surface area contributed by atoms with E-state index in [0.717, 1.165) is 5.01 Å². The van der Waals surface area contributed by atoms with Gasteiger partial charge in [0.15, 0.2) is 5.54 Å². The van der Waals surface area contributed by atoms with Gasteiger partial charge in [-0.15, -0.1) is 0 Å². The van der Waals surface area contributed by atoms with Gasteiger partial charge in [0.2, 0.25) is 0 Å². The monoisotopic (exact) mass is 522 g/mol. The number of hydrazone groups is 1. The van der Waals surface area contributed by atoms with Crippen molar-refractivity contribution in [2.45, 2.75) is 23.5 Å². The number of alkyl halides is 4. The van der Waals surface area contributed by atoms with E-state index >= 15 is 0 Å². The van der Waals surface area contributed by atoms with E-state index < -0.39 is 24.1 Å². The van der Waals surface area contributed by atoms with Gasteiger partial charge in [0.05, 0.1) is 18.4 Å². The van der Waals surface area contributed by atoms with E-state index in [0.29, 0.717) is 16.5 Å². The van der Waals surface area contributed by atoms with Crippen molar-refractivity contribution in [3.05, 3.63) is 68.7 Å². The van der Waals surface area contributed by atoms with Gasteiger partial charge in [-0.25, -0.2) is 4.79 Å². The van der Waals surface area contributed by atoms with Crippen molar-refractivity contribution in [2.24, 2.45) is 5.10 Å². The van der Waals surface area contributed by atoms with Gasteiger partial charge in [0.25, 0.3) is 0 Å². The van der Waals surface area contributed by atoms with E-state index in [1.54, 1.807) is 12.1 Å². The molecule has 0 spiro atoms. The number of nitrogens with zero attached hydrogens (tertiary/aromatic N) is 2. The molecule has 10 heteroatoms. The molecule has 0 aromatic heterocycles. The Morgan fingerprint density at radius 1 is 1.23 bits per heavy atom. The summed E-state index contributed by atoms with van der Waals surface area (Å²) >= 11 is 15.3. The highest BCUT2D eigenvalue weighted by molar-refractivity contribution is 9.08. The standard InChI is InChI=1S/C20H16BrCl2F3N2O2/c1-28-19(20(24,25)26,13-6-14(22)8-15(23)7-13)9-17(27-28)11-3-4-12(10-21)16(5-11)18(29)30-2/h3-8H,9-10H2,1-2H3. The second kappa shape index (κ2) is 8.40. The summed E-state index contributed by atoms with van der Waals surface area (Å²) in [4.78, 5) is 12.1. The number of hydrogen-bond acceptors (Lipinski definition) is 4. The van der Waals surface area contributed by atoms with Crippen molar-refractivity contribution in [1.29, 1.82) is 0 Å². The lowest BCUT2D eigenvalue weighted by molar-refractivity contribution is -0.227. The normalized spacial score (nSPS) is 19.1. The van der Waals surface area contributed by atoms with Gasteiger partial charge in [0.1, 0.15) is 0 Å². The van der Waals surface area contributed by atoms with Gasteiger partial charge in [-0.3, -0.25) is 5.01 Å². The van der Waals surface area contributed by atoms with Crippen molar-refractivity contribution in [2.75, 3.05) is 14.2 Å². The number of ether oxygens (including phenoxy) is 1. The van der Waals surface area contributed by atoms with Crippen LogP contribution < -0.4 is 0 Å². The molecule has 30 heavy (non-hydrogen) atoms. The van der Waals surface area contributed by atoms with Crippen LogP contribution in [0.25, 0.3) is 0 Å². The molecular weight excluding hydrogens is 508 g/mol. The summed E-state index contributed by atoms with van der Waals surface area (Å²) in [6, 6.07) is 8.63. The second-order valence-corrected chi connectivity index (χ2v) is 8.19. The SMILES string of the molecule is COC(=O)c1cc(C2=NN(C)C(c3cc(Cl)cc(Cl)c3)(C(F)(F)F)C2)ccc1CBr. The van der Waals surface area contributed by atoms with Crippen molar-refractivity contribution in [3.63, 3.8) is 0 Å². The first-order valence-electron chi connectivity index (χ1n) is 8.65. The number of carbonyl (C=O) groups is 1. The van der Waals surface area contributed by atoms with Crippen LogP contribution in [0.3, 0.4) is 0 Å². The van der Waals surface area contributed by atoms with Crippen LogP contribution in [0.4, 0.5) is 13.2 Å². The number of hydrogen-bond donors (Lipinski definition) is 0. The van der Waals surface area contributed by atoms with Crippen molar-refractivity contribution in [1.82, 2.24) is 5.01 Å². The zero-order valence-corrected chi connectivity index (χ0v) is 19.0. The molecular formula is C20H16BrCl2F3N2O2. The third-order valence-electron chi connectivity index (χ3n) is 5.05. The Labute approximate surface area is 189 Å². The average Bonchev–Trinajstić information content (AvgIpc) is 3.04. The molecule has 3 rings (SSSR count). The van der Waals surface area contributed by atoms with Crippen LogP contribution in [-0.4, -0.2) is 37.0 Å². The Balaban J connectivity index is 2.11. The predicted molar refractivity (Wildman–Crippen MR) is 114 cm³/mol. The van der Waals surface area contributed by atoms with Crippen LogP contribution in [0.2, 0.25) is 10.0 Å². The third-order valence-corrected chi connectivity index (χ3v) is 6.09. The van der Waals surface area contributed by atoms with Crippen molar-refractivity contribution >= 4 is 50.8 Å². The van der Waals surface area contributed by atoms with Gasteiger partial charge in [-0.1, -0.05) is 51.3 Å². The second-order valence-electron chi connectivity index (χ2n) is 6.76. The minimum absolute atomic E-state index is 0.0950. The molecule has 1 aliphatic rings. The smallest absolute Gasteiger partial charge is 0.417 e. The number of benzene rings is 2. The summed E-state index contributed by atoms with van der Waals surface area (Å²) in [5, 5.41) is 5.63. The molecule has 2 aromatic rings. The number of carbonyl (C=O) groups excluding carboxylic acids is 1. The van der Waals surface area contributed by atoms with Crippen LogP contribution in [-0.2, 0) is 15.6 Å². The highest BCUT2D eigenvalue weighted by Crippen LogP contribution is 2.50. The molecule has 1 unspecified atom stereocenters. The molecule has 0 radical (unpaired) electrons. The van der Waals surface area contributed by atoms with Gasteiger partial charge in [-0.05, 0) is 41.0 Å². The summed E-state index contributed by atoms with van der Waals surface area (Å²) in [5.74, 6) is -0.582. The molecule has 0 amide bonds. The van der Waals surface area contributed by atoms with E-state index in [1.165, 1.54) is 38.4 Å². The highest BCUT2D eigenvalue weighted by Gasteiger charge is 2.62. The lowest BCUT2D eigenvalue weighted by atomic mass is 9.83. The van der Waals surface area contributed by atoms with E-state index in [-0.39, 0.29) is 26.9 Å². The molecule has 1 aliphatic heterocycles. The summed E-state index contributed by atoms with van der Waals surface area (Å²) in [6.07, 6.45) is -5.15. The van der Waals surface area contributed by atoms with E-state index in [2.05, 4.69) is 21.0 Å². The molecule has 0 N–H and O–H groups in total. The van der Waals surface area contributed by atoms with Crippen LogP contribution >= 0.6 is 39.1 Å². The van der Waals surface area contributed by atoms with Crippen LogP contribution in [0.15, 0.2) is 41.5 Å². The Hall–Kier alpha value is -1.77. The Kier molecular flexibility index (Phi) is 6.41. The molecule has 0 saturated carbocycles. The first-order chi connectivity index (χ1) is 14.0. The van der Waals surface area contributed by atoms with E-state index in [9.17, 15) is 18.0 Å². The Morgan fingerprint density at radius 3 is 2.40 bits per heavy atom. The maximum atomic E-state index is 14.4. The minimum Gasteiger partial charge on any atom is -0.465 e. The van der Waals surface area contributed by atoms with Crippen molar-refractivity contribution < 1.29 is 22.7 Å². The number of esters is 1. The van der Waals surface area contributed by atoms with Gasteiger partial charge in [0, 0.05) is 28.8 Å². The zero-order valence-electron chi connectivity index (χ0n) is 15.9. The number of halogens is 6. The van der Waals surface area contributed by atoms with Gasteiger partial charge < -0.3 is 4.74 Å². The van der Waals surface area contributed by atoms with E-state index in [1.807, 2.05) is 0 Å². The minimum atomic E-state index is -4.68. The highest BCUT2D eigenvalue weighted by atomic mass is 79.9. The Morgan fingerprint density at radius 2 is 1.87 bits per heavy atom. The average molecular weight is 524 g/mol. The van der Waals surface area contributed by atoms with Crippen LogP contribution in [0.1, 0.15) is 33.5 Å². The summed E-state index contributed by atoms with van der Waals surface area (Å²) in [6.45, 7) is 0. The van der Waals surface area contributed by atoms with Crippen LogP contribution in [0.5, 0.6) is 0 Å². The topological polar surface area (TPSA) is 41.9 Å². The number of methoxy groups -OCH3 is 1. The maximum Gasteiger partial charge on any atom is 0.417 e. The third kappa shape index (κ3) is 3.92. The summed E-state index contributed by atoms with van der Waals surface area (Å²) in [5.41, 5.74) is -1.08. The van der Waals surface area contributed by atoms with Gasteiger partial charge >= 0.3 is 12.1 Å². The van der Waals surface area contributed by atoms with Crippen LogP contribution in [0, 0.1) is 0 Å². The molecule has 1 heterocycles. The molecule has 0 saturated heterocycles. The largest absolute Gasteiger partial charge is 0.465 e. The fraction of sp³-hybridized carbons (Fsp3) is 0.300. The molecule has 1 atom stereocenters. The first-order valence-corrected chi connectivity index (χ1v) is 10.5. The number of rotatable bonds is 4. The maximum absolute atomic E-state index is 14.4. The molecule has 0 aliphatic carbocycles. The fourth-order valence-corrected chi connectivity index (χ4v) is 4.53. The lowest BCUT2D eigenvalue weighted by Gasteiger charge is -2.37. The summed E-state index contributed by atoms with van der Waals surface area (Å²) < 4.78 is 48.0. The first kappa shape index (κ1) is 22.9. The molecule has 0 fully saturated rings. The molecule has 160 valence electrons. The molecule has 2 aromatic carbocycles. The predicted octanol–water partition coefficient (Wildman–Crippen LogP) is 6.17. The van der Waals surface area contributed by atoms with Gasteiger partial charge in [-0.2, -0.15) is 18.3 Å². The van der Waals surface area contributed by atoms with Crippen molar-refractivity contribution in [3.8, 4) is 0 Å².